The van der Waals surface area contributed by atoms with Gasteiger partial charge in [0.2, 0.25) is 23.5 Å². The topological polar surface area (TPSA) is 196 Å². The van der Waals surface area contributed by atoms with Crippen molar-refractivity contribution in [3.05, 3.63) is 95.9 Å². The summed E-state index contributed by atoms with van der Waals surface area (Å²) in [5, 5.41) is 5.88. The fourth-order valence-corrected chi connectivity index (χ4v) is 8.83. The summed E-state index contributed by atoms with van der Waals surface area (Å²) < 4.78 is 58.7. The number of halogens is 2. The first kappa shape index (κ1) is 43.2. The Morgan fingerprint density at radius 3 is 2.29 bits per heavy atom. The molecule has 0 radical (unpaired) electrons. The molecule has 1 unspecified atom stereocenters. The molecule has 17 nitrogen and oxygen atoms in total. The Labute approximate surface area is 362 Å². The molecule has 63 heavy (non-hydrogen) atoms. The number of piperidine rings is 1. The second-order valence-electron chi connectivity index (χ2n) is 15.7. The Bertz CT molecular complexity index is 2650. The van der Waals surface area contributed by atoms with E-state index in [2.05, 4.69) is 45.0 Å². The molecule has 4 N–H and O–H groups in total. The van der Waals surface area contributed by atoms with E-state index in [9.17, 15) is 27.6 Å². The minimum absolute atomic E-state index is 0.0488. The maximum atomic E-state index is 15.6. The van der Waals surface area contributed by atoms with Crippen LogP contribution < -0.4 is 25.2 Å². The Morgan fingerprint density at radius 1 is 0.889 bits per heavy atom. The van der Waals surface area contributed by atoms with Crippen LogP contribution in [0.5, 0.6) is 0 Å². The van der Waals surface area contributed by atoms with Gasteiger partial charge in [-0.1, -0.05) is 6.92 Å². The number of fused-ring (bicyclic) bond motifs is 1. The van der Waals surface area contributed by atoms with Gasteiger partial charge >= 0.3 is 10.2 Å². The number of aromatic amines is 1. The summed E-state index contributed by atoms with van der Waals surface area (Å²) in [5.41, 5.74) is 1.97. The Morgan fingerprint density at radius 2 is 1.60 bits per heavy atom. The number of pyridine rings is 2. The van der Waals surface area contributed by atoms with Crippen LogP contribution in [0.25, 0.3) is 22.2 Å². The van der Waals surface area contributed by atoms with Crippen LogP contribution in [0, 0.1) is 11.6 Å². The number of hydrogen-bond donors (Lipinski definition) is 4. The van der Waals surface area contributed by atoms with Gasteiger partial charge in [0.05, 0.1) is 17.8 Å². The van der Waals surface area contributed by atoms with E-state index in [1.807, 2.05) is 41.3 Å². The highest BCUT2D eigenvalue weighted by Gasteiger charge is 2.29. The molecule has 20 heteroatoms. The highest BCUT2D eigenvalue weighted by Crippen LogP contribution is 2.31. The highest BCUT2D eigenvalue weighted by molar-refractivity contribution is 7.90. The standard InChI is InChI=1S/C43H47F2N11O6S/c1-3-52(2)63(61,62)51-34-10-9-33(44)39(40(34)45)41(59)32-25-48-42-31(32)22-28(24-47-42)27-4-12-36(46-23-27)55-18-20-56(21-19-55)38(58)26-53-14-16-54(17-15-53)30-7-5-29(6-8-30)49-35-11-13-37(57)50-43(35)60/h4-10,12,22-25,35,49,51H,3,11,13-21,26H2,1-2H3,(H,47,48)(H,50,57,60). The number of nitrogens with zero attached hydrogens (tertiary/aromatic N) is 7. The molecule has 2 aromatic carbocycles. The van der Waals surface area contributed by atoms with Crippen molar-refractivity contribution in [1.29, 1.82) is 0 Å². The third-order valence-electron chi connectivity index (χ3n) is 11.8. The van der Waals surface area contributed by atoms with Crippen LogP contribution in [-0.2, 0) is 24.6 Å². The normalized spacial score (nSPS) is 17.6. The number of benzene rings is 2. The summed E-state index contributed by atoms with van der Waals surface area (Å²) in [6.45, 7) is 7.40. The summed E-state index contributed by atoms with van der Waals surface area (Å²) in [5.74, 6) is -3.20. The predicted octanol–water partition coefficient (Wildman–Crippen LogP) is 3.43. The fraction of sp³-hybridized carbons (Fsp3) is 0.349. The summed E-state index contributed by atoms with van der Waals surface area (Å²) in [6.07, 6.45) is 5.36. The number of piperazine rings is 2. The van der Waals surface area contributed by atoms with Gasteiger partial charge in [-0.25, -0.2) is 18.7 Å². The van der Waals surface area contributed by atoms with E-state index in [4.69, 9.17) is 0 Å². The molecule has 3 amide bonds. The molecule has 3 aliphatic rings. The molecule has 0 saturated carbocycles. The van der Waals surface area contributed by atoms with Crippen molar-refractivity contribution in [2.24, 2.45) is 0 Å². The number of hydrogen-bond acceptors (Lipinski definition) is 12. The monoisotopic (exact) mass is 883 g/mol. The van der Waals surface area contributed by atoms with Crippen LogP contribution in [-0.4, -0.2) is 140 Å². The van der Waals surface area contributed by atoms with Gasteiger partial charge < -0.3 is 25.0 Å². The van der Waals surface area contributed by atoms with Gasteiger partial charge in [0.15, 0.2) is 5.82 Å². The number of rotatable bonds is 13. The van der Waals surface area contributed by atoms with Crippen LogP contribution in [0.4, 0.5) is 31.7 Å². The Balaban J connectivity index is 0.834. The van der Waals surface area contributed by atoms with Crippen LogP contribution in [0.3, 0.4) is 0 Å². The van der Waals surface area contributed by atoms with Crippen LogP contribution in [0.1, 0.15) is 35.7 Å². The van der Waals surface area contributed by atoms with Gasteiger partial charge in [-0.15, -0.1) is 0 Å². The Kier molecular flexibility index (Phi) is 12.4. The number of ketones is 1. The number of H-pyrrole nitrogens is 1. The number of carbonyl (C=O) groups excluding carboxylic acids is 4. The lowest BCUT2D eigenvalue weighted by Crippen LogP contribution is -2.54. The van der Waals surface area contributed by atoms with Gasteiger partial charge in [0.1, 0.15) is 23.3 Å². The van der Waals surface area contributed by atoms with Crippen LogP contribution in [0.2, 0.25) is 0 Å². The molecular weight excluding hydrogens is 837 g/mol. The lowest BCUT2D eigenvalue weighted by molar-refractivity contribution is -0.134. The van der Waals surface area contributed by atoms with E-state index in [1.54, 1.807) is 25.4 Å². The van der Waals surface area contributed by atoms with Crippen molar-refractivity contribution >= 4 is 67.6 Å². The van der Waals surface area contributed by atoms with Crippen molar-refractivity contribution in [2.75, 3.05) is 92.3 Å². The van der Waals surface area contributed by atoms with Gasteiger partial charge in [-0.3, -0.25) is 34.1 Å². The lowest BCUT2D eigenvalue weighted by Gasteiger charge is -2.39. The third kappa shape index (κ3) is 9.32. The quantitative estimate of drug-likeness (QED) is 0.0996. The SMILES string of the molecule is CCN(C)S(=O)(=O)Nc1ccc(F)c(C(=O)c2c[nH]c3ncc(-c4ccc(N5CCN(C(=O)CN6CCN(c7ccc(NC8CCC(=O)NC8=O)cc7)CC6)CC5)nc4)cc23)c1F. The second-order valence-corrected chi connectivity index (χ2v) is 17.5. The molecule has 6 heterocycles. The number of aromatic nitrogens is 3. The molecule has 8 rings (SSSR count). The zero-order valence-corrected chi connectivity index (χ0v) is 35.6. The number of carbonyl (C=O) groups is 4. The molecule has 0 aliphatic carbocycles. The van der Waals surface area contributed by atoms with E-state index in [0.29, 0.717) is 67.7 Å². The van der Waals surface area contributed by atoms with Crippen LogP contribution >= 0.6 is 0 Å². The lowest BCUT2D eigenvalue weighted by atomic mass is 10.00. The number of imide groups is 1. The van der Waals surface area contributed by atoms with Crippen molar-refractivity contribution < 1.29 is 36.4 Å². The van der Waals surface area contributed by atoms with Gasteiger partial charge in [-0.05, 0) is 61.0 Å². The van der Waals surface area contributed by atoms with E-state index < -0.39 is 44.9 Å². The highest BCUT2D eigenvalue weighted by atomic mass is 32.2. The van der Waals surface area contributed by atoms with E-state index in [1.165, 1.54) is 13.2 Å². The molecule has 0 spiro atoms. The summed E-state index contributed by atoms with van der Waals surface area (Å²) in [6, 6.07) is 14.6. The molecule has 1 atom stereocenters. The maximum Gasteiger partial charge on any atom is 0.301 e. The fourth-order valence-electron chi connectivity index (χ4n) is 7.90. The smallest absolute Gasteiger partial charge is 0.301 e. The molecule has 3 fully saturated rings. The minimum atomic E-state index is -4.15. The number of anilines is 4. The van der Waals surface area contributed by atoms with Crippen molar-refractivity contribution in [3.8, 4) is 11.1 Å². The largest absolute Gasteiger partial charge is 0.374 e. The molecule has 3 saturated heterocycles. The summed E-state index contributed by atoms with van der Waals surface area (Å²) in [7, 11) is -2.85. The zero-order valence-electron chi connectivity index (χ0n) is 34.7. The van der Waals surface area contributed by atoms with Gasteiger partial charge in [-0.2, -0.15) is 12.7 Å². The minimum Gasteiger partial charge on any atom is -0.374 e. The molecular formula is C43H47F2N11O6S. The third-order valence-corrected chi connectivity index (χ3v) is 13.3. The number of nitrogens with one attached hydrogen (secondary N) is 4. The molecule has 3 aromatic heterocycles. The van der Waals surface area contributed by atoms with Crippen molar-refractivity contribution in [1.82, 2.24) is 34.4 Å². The van der Waals surface area contributed by atoms with E-state index >= 15 is 8.78 Å². The maximum absolute atomic E-state index is 15.6. The van der Waals surface area contributed by atoms with Crippen molar-refractivity contribution in [3.63, 3.8) is 0 Å². The van der Waals surface area contributed by atoms with Gasteiger partial charge in [0.25, 0.3) is 0 Å². The molecule has 5 aromatic rings. The summed E-state index contributed by atoms with van der Waals surface area (Å²) >= 11 is 0. The molecule has 330 valence electrons. The first-order valence-electron chi connectivity index (χ1n) is 20.7. The van der Waals surface area contributed by atoms with E-state index in [0.717, 1.165) is 59.8 Å². The molecule has 3 aliphatic heterocycles. The van der Waals surface area contributed by atoms with Crippen LogP contribution in [0.15, 0.2) is 73.2 Å². The predicted molar refractivity (Wildman–Crippen MR) is 234 cm³/mol. The Hall–Kier alpha value is -6.51. The average molecular weight is 884 g/mol. The van der Waals surface area contributed by atoms with Gasteiger partial charge in [0, 0.05) is 124 Å². The van der Waals surface area contributed by atoms with E-state index in [-0.39, 0.29) is 29.8 Å². The zero-order chi connectivity index (χ0) is 44.4. The first-order chi connectivity index (χ1) is 30.3. The first-order valence-corrected chi connectivity index (χ1v) is 22.1. The average Bonchev–Trinajstić information content (AvgIpc) is 3.72. The van der Waals surface area contributed by atoms with Crippen molar-refractivity contribution in [2.45, 2.75) is 25.8 Å². The second kappa shape index (κ2) is 18.1. The molecule has 0 bridgehead atoms. The number of amides is 3. The summed E-state index contributed by atoms with van der Waals surface area (Å²) in [4.78, 5) is 71.0.